The molecular weight excluding hydrogens is 252 g/mol. The molecule has 0 bridgehead atoms. The highest BCUT2D eigenvalue weighted by Gasteiger charge is 2.17. The maximum atomic E-state index is 8.67. The number of nitrogens with zero attached hydrogens (tertiary/aromatic N) is 1. The second-order valence-electron chi connectivity index (χ2n) is 5.89. The average Bonchev–Trinajstić information content (AvgIpc) is 2.68. The second kappa shape index (κ2) is 6.51. The zero-order valence-corrected chi connectivity index (χ0v) is 12.2. The lowest BCUT2D eigenvalue weighted by atomic mass is 9.88. The van der Waals surface area contributed by atoms with Crippen LogP contribution in [-0.4, -0.2) is 19.8 Å². The molecule has 20 heavy (non-hydrogen) atoms. The van der Waals surface area contributed by atoms with Crippen LogP contribution in [0, 0.1) is 16.7 Å². The number of rotatable bonds is 5. The zero-order chi connectivity index (χ0) is 14.4. The van der Waals surface area contributed by atoms with Gasteiger partial charge in [0.2, 0.25) is 0 Å². The minimum Gasteiger partial charge on any atom is -0.490 e. The van der Waals surface area contributed by atoms with Gasteiger partial charge in [-0.05, 0) is 24.0 Å². The summed E-state index contributed by atoms with van der Waals surface area (Å²) in [5.41, 5.74) is 1.12. The van der Waals surface area contributed by atoms with Gasteiger partial charge in [-0.3, -0.25) is 0 Å². The van der Waals surface area contributed by atoms with Gasteiger partial charge in [0.25, 0.3) is 0 Å². The molecule has 0 atom stereocenters. The molecule has 1 aromatic rings. The molecule has 0 radical (unpaired) electrons. The number of nitrogens with one attached hydrogen (secondary N) is 1. The fourth-order valence-electron chi connectivity index (χ4n) is 2.10. The van der Waals surface area contributed by atoms with Crippen molar-refractivity contribution in [2.24, 2.45) is 5.41 Å². The van der Waals surface area contributed by atoms with Gasteiger partial charge < -0.3 is 14.8 Å². The van der Waals surface area contributed by atoms with Gasteiger partial charge in [-0.25, -0.2) is 0 Å². The van der Waals surface area contributed by atoms with Crippen molar-refractivity contribution in [1.29, 1.82) is 5.26 Å². The van der Waals surface area contributed by atoms with Crippen LogP contribution in [-0.2, 0) is 0 Å². The molecule has 1 N–H and O–H groups in total. The van der Waals surface area contributed by atoms with E-state index in [0.29, 0.717) is 19.6 Å². The summed E-state index contributed by atoms with van der Waals surface area (Å²) in [4.78, 5) is 0. The van der Waals surface area contributed by atoms with Gasteiger partial charge in [0.1, 0.15) is 0 Å². The zero-order valence-electron chi connectivity index (χ0n) is 12.2. The Morgan fingerprint density at radius 1 is 1.25 bits per heavy atom. The highest BCUT2D eigenvalue weighted by molar-refractivity contribution is 5.55. The van der Waals surface area contributed by atoms with Crippen LogP contribution < -0.4 is 14.8 Å². The standard InChI is InChI=1S/C16H22N2O2/c1-16(2,7-3-8-17)12-18-13-5-6-14-15(11-13)20-10-4-9-19-14/h5-6,11,18H,3-4,7,9-10,12H2,1-2H3. The first-order chi connectivity index (χ1) is 9.61. The van der Waals surface area contributed by atoms with Gasteiger partial charge in [-0.1, -0.05) is 13.8 Å². The predicted molar refractivity (Wildman–Crippen MR) is 79.2 cm³/mol. The van der Waals surface area contributed by atoms with E-state index in [1.165, 1.54) is 0 Å². The Morgan fingerprint density at radius 2 is 2.00 bits per heavy atom. The molecule has 1 aromatic carbocycles. The molecule has 4 heteroatoms. The Bertz CT molecular complexity index is 492. The van der Waals surface area contributed by atoms with Crippen molar-refractivity contribution in [3.63, 3.8) is 0 Å². The molecule has 1 aliphatic rings. The van der Waals surface area contributed by atoms with Gasteiger partial charge in [-0.2, -0.15) is 5.26 Å². The van der Waals surface area contributed by atoms with Crippen molar-refractivity contribution in [2.75, 3.05) is 25.1 Å². The van der Waals surface area contributed by atoms with Crippen molar-refractivity contribution in [1.82, 2.24) is 0 Å². The molecule has 2 rings (SSSR count). The maximum Gasteiger partial charge on any atom is 0.163 e. The number of ether oxygens (including phenoxy) is 2. The molecule has 4 nitrogen and oxygen atoms in total. The molecule has 1 heterocycles. The normalized spacial score (nSPS) is 14.2. The molecule has 0 fully saturated rings. The highest BCUT2D eigenvalue weighted by Crippen LogP contribution is 2.33. The van der Waals surface area contributed by atoms with Crippen molar-refractivity contribution in [3.05, 3.63) is 18.2 Å². The number of hydrogen-bond acceptors (Lipinski definition) is 4. The van der Waals surface area contributed by atoms with Crippen molar-refractivity contribution < 1.29 is 9.47 Å². The Hall–Kier alpha value is -1.89. The SMILES string of the molecule is CC(C)(CCC#N)CNc1ccc2c(c1)OCCCO2. The first kappa shape index (κ1) is 14.5. The molecule has 0 saturated heterocycles. The Labute approximate surface area is 120 Å². The smallest absolute Gasteiger partial charge is 0.163 e. The van der Waals surface area contributed by atoms with E-state index in [0.717, 1.165) is 36.6 Å². The van der Waals surface area contributed by atoms with Crippen LogP contribution in [0.2, 0.25) is 0 Å². The lowest BCUT2D eigenvalue weighted by Gasteiger charge is -2.24. The van der Waals surface area contributed by atoms with Crippen LogP contribution in [0.15, 0.2) is 18.2 Å². The quantitative estimate of drug-likeness (QED) is 0.891. The van der Waals surface area contributed by atoms with Crippen LogP contribution in [0.1, 0.15) is 33.1 Å². The first-order valence-corrected chi connectivity index (χ1v) is 7.11. The number of hydrogen-bond donors (Lipinski definition) is 1. The number of anilines is 1. The average molecular weight is 274 g/mol. The second-order valence-corrected chi connectivity index (χ2v) is 5.89. The first-order valence-electron chi connectivity index (χ1n) is 7.11. The largest absolute Gasteiger partial charge is 0.490 e. The minimum absolute atomic E-state index is 0.0971. The summed E-state index contributed by atoms with van der Waals surface area (Å²) in [6.07, 6.45) is 2.40. The Kier molecular flexibility index (Phi) is 4.73. The Balaban J connectivity index is 1.97. The third kappa shape index (κ3) is 4.06. The fourth-order valence-corrected chi connectivity index (χ4v) is 2.10. The van der Waals surface area contributed by atoms with Gasteiger partial charge in [0.15, 0.2) is 11.5 Å². The van der Waals surface area contributed by atoms with Crippen molar-refractivity contribution >= 4 is 5.69 Å². The van der Waals surface area contributed by atoms with Crippen LogP contribution in [0.25, 0.3) is 0 Å². The fraction of sp³-hybridized carbons (Fsp3) is 0.562. The van der Waals surface area contributed by atoms with Crippen molar-refractivity contribution in [3.8, 4) is 17.6 Å². The van der Waals surface area contributed by atoms with Crippen LogP contribution in [0.3, 0.4) is 0 Å². The van der Waals surface area contributed by atoms with E-state index in [1.807, 2.05) is 18.2 Å². The summed E-state index contributed by atoms with van der Waals surface area (Å²) in [5.74, 6) is 1.62. The van der Waals surface area contributed by atoms with Crippen LogP contribution in [0.4, 0.5) is 5.69 Å². The Morgan fingerprint density at radius 3 is 2.75 bits per heavy atom. The molecule has 0 spiro atoms. The van der Waals surface area contributed by atoms with Gasteiger partial charge in [0.05, 0.1) is 19.3 Å². The summed E-state index contributed by atoms with van der Waals surface area (Å²) in [6, 6.07) is 8.15. The number of fused-ring (bicyclic) bond motifs is 1. The van der Waals surface area contributed by atoms with E-state index in [4.69, 9.17) is 14.7 Å². The van der Waals surface area contributed by atoms with E-state index < -0.39 is 0 Å². The lowest BCUT2D eigenvalue weighted by molar-refractivity contribution is 0.297. The van der Waals surface area contributed by atoms with Gasteiger partial charge >= 0.3 is 0 Å². The lowest BCUT2D eigenvalue weighted by Crippen LogP contribution is -2.22. The van der Waals surface area contributed by atoms with Crippen LogP contribution >= 0.6 is 0 Å². The number of nitriles is 1. The molecule has 1 aliphatic heterocycles. The summed E-state index contributed by atoms with van der Waals surface area (Å²) >= 11 is 0. The summed E-state index contributed by atoms with van der Waals surface area (Å²) in [6.45, 7) is 6.57. The minimum atomic E-state index is 0.0971. The molecule has 0 aromatic heterocycles. The summed E-state index contributed by atoms with van der Waals surface area (Å²) in [7, 11) is 0. The van der Waals surface area contributed by atoms with E-state index >= 15 is 0 Å². The molecule has 0 amide bonds. The van der Waals surface area contributed by atoms with Crippen molar-refractivity contribution in [2.45, 2.75) is 33.1 Å². The molecule has 108 valence electrons. The van der Waals surface area contributed by atoms with Crippen LogP contribution in [0.5, 0.6) is 11.5 Å². The van der Waals surface area contributed by atoms with E-state index in [2.05, 4.69) is 25.2 Å². The van der Waals surface area contributed by atoms with Gasteiger partial charge in [-0.15, -0.1) is 0 Å². The van der Waals surface area contributed by atoms with E-state index in [-0.39, 0.29) is 5.41 Å². The molecule has 0 saturated carbocycles. The summed E-state index contributed by atoms with van der Waals surface area (Å²) in [5, 5.41) is 12.1. The maximum absolute atomic E-state index is 8.67. The third-order valence-electron chi connectivity index (χ3n) is 3.43. The van der Waals surface area contributed by atoms with E-state index in [9.17, 15) is 0 Å². The summed E-state index contributed by atoms with van der Waals surface area (Å²) < 4.78 is 11.3. The third-order valence-corrected chi connectivity index (χ3v) is 3.43. The van der Waals surface area contributed by atoms with Gasteiger partial charge in [0, 0.05) is 31.1 Å². The number of benzene rings is 1. The monoisotopic (exact) mass is 274 g/mol. The highest BCUT2D eigenvalue weighted by atomic mass is 16.5. The topological polar surface area (TPSA) is 54.3 Å². The molecular formula is C16H22N2O2. The molecule has 0 aliphatic carbocycles. The predicted octanol–water partition coefficient (Wildman–Crippen LogP) is 3.59. The van der Waals surface area contributed by atoms with E-state index in [1.54, 1.807) is 0 Å². The molecule has 0 unspecified atom stereocenters.